The predicted molar refractivity (Wildman–Crippen MR) is 126 cm³/mol. The molecular formula is C26H34N2O4. The molecule has 0 aliphatic carbocycles. The Kier molecular flexibility index (Phi) is 12.4. The van der Waals surface area contributed by atoms with Gasteiger partial charge in [0.25, 0.3) is 0 Å². The first kappa shape index (κ1) is 25.8. The first-order valence-corrected chi connectivity index (χ1v) is 11.4. The van der Waals surface area contributed by atoms with Gasteiger partial charge in [0.05, 0.1) is 37.5 Å². The van der Waals surface area contributed by atoms with Crippen LogP contribution in [0.2, 0.25) is 0 Å². The van der Waals surface area contributed by atoms with Crippen molar-refractivity contribution in [1.29, 1.82) is 0 Å². The van der Waals surface area contributed by atoms with Crippen LogP contribution in [0.5, 0.6) is 0 Å². The molecule has 1 aromatic heterocycles. The van der Waals surface area contributed by atoms with Crippen LogP contribution >= 0.6 is 0 Å². The second kappa shape index (κ2) is 15.3. The summed E-state index contributed by atoms with van der Waals surface area (Å²) in [5.41, 5.74) is 2.67. The normalized spacial score (nSPS) is 12.5. The van der Waals surface area contributed by atoms with Crippen LogP contribution in [0.15, 0.2) is 24.3 Å². The first-order valence-electron chi connectivity index (χ1n) is 11.4. The number of hydrogen-bond donors (Lipinski definition) is 0. The van der Waals surface area contributed by atoms with Gasteiger partial charge < -0.3 is 18.9 Å². The summed E-state index contributed by atoms with van der Waals surface area (Å²) < 4.78 is 22.3. The van der Waals surface area contributed by atoms with Gasteiger partial charge in [-0.05, 0) is 50.7 Å². The minimum Gasteiger partial charge on any atom is -0.379 e. The molecule has 172 valence electrons. The highest BCUT2D eigenvalue weighted by atomic mass is 16.5. The summed E-state index contributed by atoms with van der Waals surface area (Å²) in [7, 11) is 0. The molecule has 32 heavy (non-hydrogen) atoms. The Morgan fingerprint density at radius 2 is 1.12 bits per heavy atom. The average molecular weight is 439 g/mol. The van der Waals surface area contributed by atoms with E-state index >= 15 is 0 Å². The maximum absolute atomic E-state index is 5.81. The number of hydrogen-bond acceptors (Lipinski definition) is 6. The molecule has 0 amide bonds. The Bertz CT molecular complexity index is 863. The molecule has 6 nitrogen and oxygen atoms in total. The van der Waals surface area contributed by atoms with E-state index in [0.717, 1.165) is 23.9 Å². The molecule has 2 rings (SSSR count). The molecule has 0 unspecified atom stereocenters. The fourth-order valence-electron chi connectivity index (χ4n) is 2.78. The minimum absolute atomic E-state index is 0.199. The highest BCUT2D eigenvalue weighted by Gasteiger charge is 2.08. The number of fused-ring (bicyclic) bond motifs is 1. The molecule has 0 N–H and O–H groups in total. The third kappa shape index (κ3) is 8.94. The lowest BCUT2D eigenvalue weighted by atomic mass is 10.2. The molecule has 0 radical (unpaired) electrons. The van der Waals surface area contributed by atoms with Gasteiger partial charge in [-0.15, -0.1) is 0 Å². The van der Waals surface area contributed by atoms with Crippen LogP contribution in [-0.2, 0) is 18.9 Å². The van der Waals surface area contributed by atoms with Gasteiger partial charge in [-0.2, -0.15) is 0 Å². The van der Waals surface area contributed by atoms with Crippen molar-refractivity contribution < 1.29 is 18.9 Å². The van der Waals surface area contributed by atoms with Crippen LogP contribution in [0, 0.1) is 23.7 Å². The van der Waals surface area contributed by atoms with E-state index in [1.54, 1.807) is 0 Å². The van der Waals surface area contributed by atoms with Crippen LogP contribution in [-0.4, -0.2) is 61.8 Å². The topological polar surface area (TPSA) is 62.7 Å². The third-order valence-corrected chi connectivity index (χ3v) is 4.52. The van der Waals surface area contributed by atoms with Crippen LogP contribution < -0.4 is 0 Å². The number of para-hydroxylation sites is 2. The maximum atomic E-state index is 5.81. The van der Waals surface area contributed by atoms with Gasteiger partial charge in [0, 0.05) is 13.2 Å². The molecule has 0 fully saturated rings. The van der Waals surface area contributed by atoms with Crippen LogP contribution in [0.25, 0.3) is 11.0 Å². The monoisotopic (exact) mass is 438 g/mol. The van der Waals surface area contributed by atoms with E-state index in [1.165, 1.54) is 0 Å². The summed E-state index contributed by atoms with van der Waals surface area (Å²) in [5.74, 6) is 12.6. The van der Waals surface area contributed by atoms with Crippen molar-refractivity contribution >= 4 is 11.0 Å². The summed E-state index contributed by atoms with van der Waals surface area (Å²) >= 11 is 0. The molecule has 0 saturated carbocycles. The van der Waals surface area contributed by atoms with Crippen molar-refractivity contribution in [3.63, 3.8) is 0 Å². The van der Waals surface area contributed by atoms with Gasteiger partial charge in [0.15, 0.2) is 0 Å². The van der Waals surface area contributed by atoms with E-state index in [0.29, 0.717) is 51.0 Å². The van der Waals surface area contributed by atoms with E-state index in [1.807, 2.05) is 52.0 Å². The number of aromatic nitrogens is 2. The quantitative estimate of drug-likeness (QED) is 0.369. The Hall–Kier alpha value is -2.48. The summed E-state index contributed by atoms with van der Waals surface area (Å²) in [6.07, 6.45) is 1.14. The van der Waals surface area contributed by atoms with Crippen molar-refractivity contribution in [3.05, 3.63) is 35.7 Å². The van der Waals surface area contributed by atoms with E-state index in [2.05, 4.69) is 23.7 Å². The second-order valence-electron chi connectivity index (χ2n) is 6.88. The molecule has 6 heteroatoms. The first-order chi connectivity index (χ1) is 15.7. The Balaban J connectivity index is 2.24. The number of benzene rings is 1. The number of rotatable bonds is 12. The van der Waals surface area contributed by atoms with E-state index in [9.17, 15) is 0 Å². The highest BCUT2D eigenvalue weighted by molar-refractivity contribution is 5.75. The lowest BCUT2D eigenvalue weighted by Gasteiger charge is -2.10. The lowest BCUT2D eigenvalue weighted by Crippen LogP contribution is -2.14. The van der Waals surface area contributed by atoms with Gasteiger partial charge in [0.2, 0.25) is 0 Å². The molecule has 1 heterocycles. The van der Waals surface area contributed by atoms with E-state index in [-0.39, 0.29) is 12.2 Å². The minimum atomic E-state index is -0.199. The van der Waals surface area contributed by atoms with Crippen LogP contribution in [0.1, 0.15) is 51.9 Å². The second-order valence-corrected chi connectivity index (χ2v) is 6.88. The van der Waals surface area contributed by atoms with Crippen molar-refractivity contribution in [3.8, 4) is 23.7 Å². The van der Waals surface area contributed by atoms with Gasteiger partial charge in [-0.25, -0.2) is 9.97 Å². The largest absolute Gasteiger partial charge is 0.379 e. The summed E-state index contributed by atoms with van der Waals surface area (Å²) in [6, 6.07) is 7.72. The molecule has 0 aliphatic rings. The summed E-state index contributed by atoms with van der Waals surface area (Å²) in [5, 5.41) is 0. The molecule has 0 bridgehead atoms. The van der Waals surface area contributed by atoms with Gasteiger partial charge in [-0.1, -0.05) is 37.8 Å². The molecule has 0 spiro atoms. The van der Waals surface area contributed by atoms with Crippen molar-refractivity contribution in [2.75, 3.05) is 39.6 Å². The standard InChI is InChI=1S/C26H34N2O4/c1-5-21(31-19-17-29-7-3)13-15-25-26(28-24-12-10-9-11-23(24)27-25)16-14-22(6-2)32-20-18-30-8-4/h9-12,21-22H,5-8,17-20H2,1-4H3/t21-,22-/m0/s1. The maximum Gasteiger partial charge on any atom is 0.148 e. The highest BCUT2D eigenvalue weighted by Crippen LogP contribution is 2.12. The van der Waals surface area contributed by atoms with E-state index < -0.39 is 0 Å². The predicted octanol–water partition coefficient (Wildman–Crippen LogP) is 4.00. The molecule has 0 aliphatic heterocycles. The zero-order valence-corrected chi connectivity index (χ0v) is 19.6. The van der Waals surface area contributed by atoms with Crippen molar-refractivity contribution in [2.24, 2.45) is 0 Å². The lowest BCUT2D eigenvalue weighted by molar-refractivity contribution is 0.0292. The summed E-state index contributed by atoms with van der Waals surface area (Å²) in [6.45, 7) is 11.5. The Morgan fingerprint density at radius 1 is 0.688 bits per heavy atom. The molecule has 1 aromatic carbocycles. The Labute approximate surface area is 192 Å². The fourth-order valence-corrected chi connectivity index (χ4v) is 2.78. The van der Waals surface area contributed by atoms with Crippen molar-refractivity contribution in [2.45, 2.75) is 52.7 Å². The van der Waals surface area contributed by atoms with Gasteiger partial charge in [-0.3, -0.25) is 0 Å². The van der Waals surface area contributed by atoms with Gasteiger partial charge >= 0.3 is 0 Å². The summed E-state index contributed by atoms with van der Waals surface area (Å²) in [4.78, 5) is 9.40. The Morgan fingerprint density at radius 3 is 1.50 bits per heavy atom. The van der Waals surface area contributed by atoms with Gasteiger partial charge in [0.1, 0.15) is 23.6 Å². The molecular weight excluding hydrogens is 404 g/mol. The molecule has 2 atom stereocenters. The number of nitrogens with zero attached hydrogens (tertiary/aromatic N) is 2. The molecule has 2 aromatic rings. The zero-order valence-electron chi connectivity index (χ0n) is 19.6. The third-order valence-electron chi connectivity index (χ3n) is 4.52. The average Bonchev–Trinajstić information content (AvgIpc) is 2.83. The van der Waals surface area contributed by atoms with Crippen molar-refractivity contribution in [1.82, 2.24) is 9.97 Å². The van der Waals surface area contributed by atoms with Crippen LogP contribution in [0.3, 0.4) is 0 Å². The SMILES string of the molecule is CCOCCO[C@H](C#Cc1nc2ccccc2nc1C#C[C@H](CC)OCCOCC)CC. The van der Waals surface area contributed by atoms with Crippen LogP contribution in [0.4, 0.5) is 0 Å². The number of ether oxygens (including phenoxy) is 4. The van der Waals surface area contributed by atoms with E-state index in [4.69, 9.17) is 28.9 Å². The zero-order chi connectivity index (χ0) is 23.0. The smallest absolute Gasteiger partial charge is 0.148 e. The fraction of sp³-hybridized carbons (Fsp3) is 0.538. The molecule has 0 saturated heterocycles.